The zero-order valence-electron chi connectivity index (χ0n) is 14.9. The van der Waals surface area contributed by atoms with E-state index in [2.05, 4.69) is 44.4 Å². The summed E-state index contributed by atoms with van der Waals surface area (Å²) in [5, 5.41) is 0. The first-order valence-electron chi connectivity index (χ1n) is 9.05. The molecule has 2 aliphatic rings. The van der Waals surface area contributed by atoms with Crippen LogP contribution in [0.2, 0.25) is 0 Å². The van der Waals surface area contributed by atoms with Crippen molar-refractivity contribution in [1.82, 2.24) is 8.87 Å². The minimum absolute atomic E-state index is 0.242. The fourth-order valence-corrected chi connectivity index (χ4v) is 4.45. The first-order valence-corrected chi connectivity index (χ1v) is 12.4. The van der Waals surface area contributed by atoms with Gasteiger partial charge in [0.25, 0.3) is 5.91 Å². The molecule has 0 bridgehead atoms. The fraction of sp³-hybridized carbons (Fsp3) is 0.667. The molecule has 1 aliphatic carbocycles. The summed E-state index contributed by atoms with van der Waals surface area (Å²) in [5.41, 5.74) is 0.765. The standard InChI is InChI=1S/C16H22IN3OS.C2H6/c1-2-3-6-14-18-16(8-4-5-9-16)15(21)20(14)12-13-7-10-19(11-13)22-17;1-2/h7,10-11H,2-6,8-9,12H2,1H3;1-2H3. The number of hydrogen-bond acceptors (Lipinski definition) is 3. The third-order valence-electron chi connectivity index (χ3n) is 4.63. The van der Waals surface area contributed by atoms with Gasteiger partial charge in [-0.1, -0.05) is 40.0 Å². The van der Waals surface area contributed by atoms with E-state index in [-0.39, 0.29) is 5.91 Å². The van der Waals surface area contributed by atoms with Gasteiger partial charge >= 0.3 is 0 Å². The van der Waals surface area contributed by atoms with E-state index in [1.807, 2.05) is 24.9 Å². The predicted molar refractivity (Wildman–Crippen MR) is 111 cm³/mol. The SMILES string of the molecule is CC.CCCCC1=NC2(CCCC2)C(=O)N1Cc1ccn(SI)c1. The average molecular weight is 461 g/mol. The summed E-state index contributed by atoms with van der Waals surface area (Å²) in [4.78, 5) is 19.9. The van der Waals surface area contributed by atoms with Crippen molar-refractivity contribution in [2.45, 2.75) is 77.8 Å². The van der Waals surface area contributed by atoms with Gasteiger partial charge in [-0.25, -0.2) is 0 Å². The number of rotatable bonds is 6. The third-order valence-corrected chi connectivity index (χ3v) is 6.38. The molecule has 3 rings (SSSR count). The Kier molecular flexibility index (Phi) is 7.65. The molecule has 0 saturated heterocycles. The van der Waals surface area contributed by atoms with E-state index in [1.165, 1.54) is 5.56 Å². The average Bonchev–Trinajstić information content (AvgIpc) is 3.32. The normalized spacial score (nSPS) is 18.8. The highest BCUT2D eigenvalue weighted by atomic mass is 127. The molecule has 1 aliphatic heterocycles. The Morgan fingerprint density at radius 2 is 2.04 bits per heavy atom. The van der Waals surface area contributed by atoms with E-state index in [1.54, 1.807) is 9.12 Å². The van der Waals surface area contributed by atoms with Crippen LogP contribution in [0, 0.1) is 0 Å². The maximum atomic E-state index is 13.0. The maximum absolute atomic E-state index is 13.0. The van der Waals surface area contributed by atoms with Crippen LogP contribution < -0.4 is 0 Å². The first-order chi connectivity index (χ1) is 11.7. The summed E-state index contributed by atoms with van der Waals surface area (Å²) >= 11 is 2.26. The van der Waals surface area contributed by atoms with Gasteiger partial charge in [0.15, 0.2) is 0 Å². The smallest absolute Gasteiger partial charge is 0.256 e. The fourth-order valence-electron chi connectivity index (χ4n) is 3.44. The lowest BCUT2D eigenvalue weighted by Crippen LogP contribution is -2.40. The van der Waals surface area contributed by atoms with Gasteiger partial charge in [-0.3, -0.25) is 18.7 Å². The molecule has 1 aromatic rings. The molecule has 0 N–H and O–H groups in total. The van der Waals surface area contributed by atoms with E-state index >= 15 is 0 Å². The summed E-state index contributed by atoms with van der Waals surface area (Å²) in [5.74, 6) is 1.26. The van der Waals surface area contributed by atoms with Crippen LogP contribution in [0.1, 0.15) is 71.3 Å². The Hall–Kier alpha value is -0.500. The summed E-state index contributed by atoms with van der Waals surface area (Å²) in [6.45, 7) is 6.85. The molecule has 1 fully saturated rings. The quantitative estimate of drug-likeness (QED) is 0.517. The molecule has 1 aromatic heterocycles. The molecule has 1 spiro atoms. The summed E-state index contributed by atoms with van der Waals surface area (Å²) in [7, 11) is 1.63. The molecule has 0 aromatic carbocycles. The predicted octanol–water partition coefficient (Wildman–Crippen LogP) is 5.60. The minimum Gasteiger partial charge on any atom is -0.294 e. The van der Waals surface area contributed by atoms with Crippen molar-refractivity contribution in [1.29, 1.82) is 0 Å². The highest BCUT2D eigenvalue weighted by Gasteiger charge is 2.49. The lowest BCUT2D eigenvalue weighted by atomic mass is 9.98. The zero-order valence-corrected chi connectivity index (χ0v) is 17.9. The number of unbranched alkanes of at least 4 members (excludes halogenated alkanes) is 1. The second kappa shape index (κ2) is 9.27. The van der Waals surface area contributed by atoms with Gasteiger partial charge in [-0.2, -0.15) is 0 Å². The van der Waals surface area contributed by atoms with Crippen LogP contribution in [0.25, 0.3) is 0 Å². The number of hydrogen-bond donors (Lipinski definition) is 0. The van der Waals surface area contributed by atoms with Crippen molar-refractivity contribution in [3.63, 3.8) is 0 Å². The van der Waals surface area contributed by atoms with Crippen LogP contribution in [0.5, 0.6) is 0 Å². The maximum Gasteiger partial charge on any atom is 0.256 e. The molecular formula is C18H28IN3OS. The summed E-state index contributed by atoms with van der Waals surface area (Å²) in [6.07, 6.45) is 11.4. The molecule has 134 valence electrons. The molecule has 2 heterocycles. The van der Waals surface area contributed by atoms with E-state index in [0.717, 1.165) is 50.8 Å². The van der Waals surface area contributed by atoms with Crippen LogP contribution in [0.4, 0.5) is 0 Å². The minimum atomic E-state index is -0.413. The van der Waals surface area contributed by atoms with Gasteiger partial charge in [0.1, 0.15) is 11.4 Å². The Morgan fingerprint density at radius 3 is 2.62 bits per heavy atom. The van der Waals surface area contributed by atoms with E-state index in [9.17, 15) is 4.79 Å². The molecule has 0 radical (unpaired) electrons. The molecule has 1 saturated carbocycles. The molecule has 6 heteroatoms. The van der Waals surface area contributed by atoms with Crippen LogP contribution in [-0.4, -0.2) is 26.2 Å². The monoisotopic (exact) mass is 461 g/mol. The van der Waals surface area contributed by atoms with Crippen LogP contribution in [0.15, 0.2) is 23.5 Å². The van der Waals surface area contributed by atoms with Crippen LogP contribution >= 0.6 is 30.3 Å². The molecule has 0 atom stereocenters. The number of aromatic nitrogens is 1. The lowest BCUT2D eigenvalue weighted by molar-refractivity contribution is -0.131. The van der Waals surface area contributed by atoms with Crippen LogP contribution in [-0.2, 0) is 11.3 Å². The number of aliphatic imine (C=N–C) groups is 1. The van der Waals surface area contributed by atoms with Gasteiger partial charge in [-0.15, -0.1) is 0 Å². The van der Waals surface area contributed by atoms with Crippen molar-refractivity contribution in [2.24, 2.45) is 4.99 Å². The molecule has 24 heavy (non-hydrogen) atoms. The number of amides is 1. The third kappa shape index (κ3) is 4.18. The highest BCUT2D eigenvalue weighted by molar-refractivity contribution is 14.2. The highest BCUT2D eigenvalue weighted by Crippen LogP contribution is 2.40. The Balaban J connectivity index is 0.00000100. The van der Waals surface area contributed by atoms with E-state index < -0.39 is 5.54 Å². The van der Waals surface area contributed by atoms with Crippen LogP contribution in [0.3, 0.4) is 0 Å². The summed E-state index contributed by atoms with van der Waals surface area (Å²) in [6, 6.07) is 2.09. The Bertz CT molecular complexity index is 579. The molecular weight excluding hydrogens is 433 g/mol. The Labute approximate surface area is 162 Å². The number of nitrogens with zero attached hydrogens (tertiary/aromatic N) is 3. The number of carbonyl (C=O) groups excluding carboxylic acids is 1. The number of halogens is 1. The van der Waals surface area contributed by atoms with Crippen molar-refractivity contribution in [2.75, 3.05) is 0 Å². The molecule has 1 amide bonds. The van der Waals surface area contributed by atoms with Gasteiger partial charge in [-0.05, 0) is 30.9 Å². The molecule has 4 nitrogen and oxygen atoms in total. The lowest BCUT2D eigenvalue weighted by Gasteiger charge is -2.22. The second-order valence-electron chi connectivity index (χ2n) is 6.21. The van der Waals surface area contributed by atoms with Crippen molar-refractivity contribution >= 4 is 42.1 Å². The summed E-state index contributed by atoms with van der Waals surface area (Å²) < 4.78 is 2.06. The van der Waals surface area contributed by atoms with Gasteiger partial charge in [0.2, 0.25) is 0 Å². The Morgan fingerprint density at radius 1 is 1.33 bits per heavy atom. The van der Waals surface area contributed by atoms with Crippen molar-refractivity contribution < 1.29 is 4.79 Å². The van der Waals surface area contributed by atoms with Crippen molar-refractivity contribution in [3.8, 4) is 0 Å². The van der Waals surface area contributed by atoms with E-state index in [4.69, 9.17) is 4.99 Å². The van der Waals surface area contributed by atoms with Gasteiger partial charge in [0.05, 0.1) is 6.54 Å². The van der Waals surface area contributed by atoms with E-state index in [0.29, 0.717) is 6.54 Å². The second-order valence-corrected chi connectivity index (χ2v) is 7.95. The van der Waals surface area contributed by atoms with Gasteiger partial charge < -0.3 is 0 Å². The van der Waals surface area contributed by atoms with Gasteiger partial charge in [0, 0.05) is 49.1 Å². The number of carbonyl (C=O) groups is 1. The van der Waals surface area contributed by atoms with Crippen molar-refractivity contribution in [3.05, 3.63) is 24.0 Å². The zero-order chi connectivity index (χ0) is 17.6. The largest absolute Gasteiger partial charge is 0.294 e. The topological polar surface area (TPSA) is 37.6 Å². The number of amidine groups is 1. The molecule has 0 unspecified atom stereocenters. The first kappa shape index (κ1) is 19.8.